The van der Waals surface area contributed by atoms with Gasteiger partial charge in [0.05, 0.1) is 28.8 Å². The van der Waals surface area contributed by atoms with Gasteiger partial charge in [0.1, 0.15) is 6.17 Å². The van der Waals surface area contributed by atoms with Crippen LogP contribution in [0.25, 0.3) is 11.0 Å². The smallest absolute Gasteiger partial charge is 0.368 e. The molecule has 1 amide bonds. The molecular formula is C21H22BrF4N7O. The second-order valence-electron chi connectivity index (χ2n) is 7.50. The number of amides is 1. The number of carbonyl (C=O) groups is 1. The van der Waals surface area contributed by atoms with Gasteiger partial charge < -0.3 is 20.5 Å². The number of aromatic nitrogens is 4. The molecule has 1 unspecified atom stereocenters. The van der Waals surface area contributed by atoms with Gasteiger partial charge in [-0.25, -0.2) is 19.3 Å². The van der Waals surface area contributed by atoms with Crippen molar-refractivity contribution in [3.05, 3.63) is 47.2 Å². The van der Waals surface area contributed by atoms with E-state index in [0.29, 0.717) is 31.0 Å². The molecule has 8 nitrogen and oxygen atoms in total. The molecule has 1 aromatic carbocycles. The van der Waals surface area contributed by atoms with E-state index < -0.39 is 17.9 Å². The van der Waals surface area contributed by atoms with Crippen molar-refractivity contribution in [2.24, 2.45) is 7.05 Å². The number of benzene rings is 1. The molecule has 1 aliphatic heterocycles. The second-order valence-corrected chi connectivity index (χ2v) is 8.35. The fourth-order valence-corrected chi connectivity index (χ4v) is 3.78. The molecule has 1 fully saturated rings. The lowest BCUT2D eigenvalue weighted by Crippen LogP contribution is -2.37. The van der Waals surface area contributed by atoms with Crippen LogP contribution in [-0.2, 0) is 18.0 Å². The van der Waals surface area contributed by atoms with E-state index in [0.717, 1.165) is 34.4 Å². The lowest BCUT2D eigenvalue weighted by atomic mass is 10.1. The van der Waals surface area contributed by atoms with Crippen LogP contribution in [0.2, 0.25) is 0 Å². The summed E-state index contributed by atoms with van der Waals surface area (Å²) in [5.74, 6) is 0.303. The van der Waals surface area contributed by atoms with E-state index in [4.69, 9.17) is 5.73 Å². The number of nitrogens with two attached hydrogens (primary N) is 1. The molecule has 0 spiro atoms. The molecule has 0 bridgehead atoms. The third kappa shape index (κ3) is 6.01. The van der Waals surface area contributed by atoms with Gasteiger partial charge >= 0.3 is 6.18 Å². The van der Waals surface area contributed by atoms with Crippen molar-refractivity contribution in [2.75, 3.05) is 29.0 Å². The molecule has 34 heavy (non-hydrogen) atoms. The molecule has 2 aromatic heterocycles. The summed E-state index contributed by atoms with van der Waals surface area (Å²) in [5, 5.41) is 2.74. The monoisotopic (exact) mass is 543 g/mol. The van der Waals surface area contributed by atoms with Crippen molar-refractivity contribution in [3.63, 3.8) is 0 Å². The van der Waals surface area contributed by atoms with Crippen LogP contribution in [0.5, 0.6) is 0 Å². The average Bonchev–Trinajstić information content (AvgIpc) is 3.09. The average molecular weight is 544 g/mol. The molecule has 3 N–H and O–H groups in total. The summed E-state index contributed by atoms with van der Waals surface area (Å²) in [6.07, 6.45) is -1.26. The van der Waals surface area contributed by atoms with Crippen molar-refractivity contribution >= 4 is 50.5 Å². The van der Waals surface area contributed by atoms with Gasteiger partial charge in [-0.3, -0.25) is 4.79 Å². The summed E-state index contributed by atoms with van der Waals surface area (Å²) in [7, 11) is 1.92. The number of hydrogen-bond donors (Lipinski definition) is 2. The number of aryl methyl sites for hydroxylation is 1. The predicted octanol–water partition coefficient (Wildman–Crippen LogP) is 4.48. The predicted molar refractivity (Wildman–Crippen MR) is 125 cm³/mol. The van der Waals surface area contributed by atoms with Crippen LogP contribution in [0.4, 0.5) is 35.1 Å². The zero-order chi connectivity index (χ0) is 25.0. The Kier molecular flexibility index (Phi) is 7.75. The summed E-state index contributed by atoms with van der Waals surface area (Å²) in [6, 6.07) is 3.71. The fourth-order valence-electron chi connectivity index (χ4n) is 3.35. The van der Waals surface area contributed by atoms with Crippen LogP contribution >= 0.6 is 15.9 Å². The van der Waals surface area contributed by atoms with Gasteiger partial charge in [-0.1, -0.05) is 6.58 Å². The summed E-state index contributed by atoms with van der Waals surface area (Å²) in [6.45, 7) is 4.62. The minimum atomic E-state index is -4.40. The number of fused-ring (bicyclic) bond motifs is 1. The van der Waals surface area contributed by atoms with E-state index in [9.17, 15) is 22.4 Å². The number of imidazole rings is 1. The van der Waals surface area contributed by atoms with Crippen molar-refractivity contribution in [1.29, 1.82) is 0 Å². The number of rotatable bonds is 3. The first kappa shape index (κ1) is 25.4. The molecular weight excluding hydrogens is 522 g/mol. The van der Waals surface area contributed by atoms with Gasteiger partial charge in [-0.2, -0.15) is 13.2 Å². The highest BCUT2D eigenvalue weighted by Gasteiger charge is 2.31. The van der Waals surface area contributed by atoms with Crippen molar-refractivity contribution in [2.45, 2.75) is 25.2 Å². The highest BCUT2D eigenvalue weighted by atomic mass is 79.9. The minimum Gasteiger partial charge on any atom is -0.368 e. The molecule has 3 aromatic rings. The highest BCUT2D eigenvalue weighted by Crippen LogP contribution is 2.32. The van der Waals surface area contributed by atoms with Crippen LogP contribution in [-0.4, -0.2) is 44.7 Å². The van der Waals surface area contributed by atoms with Crippen LogP contribution in [0.15, 0.2) is 41.7 Å². The van der Waals surface area contributed by atoms with Crippen molar-refractivity contribution in [1.82, 2.24) is 19.5 Å². The maximum atomic E-state index is 13.7. The molecule has 0 saturated carbocycles. The quantitative estimate of drug-likeness (QED) is 0.373. The SMILES string of the molecule is C=CC(=O)Nc1cc2nc(N3CCCC(F)C3)n(C)c2cc1Br.Nc1ncc(C(F)(F)F)cn1. The first-order valence-corrected chi connectivity index (χ1v) is 10.9. The molecule has 182 valence electrons. The van der Waals surface area contributed by atoms with E-state index in [1.165, 1.54) is 6.08 Å². The summed E-state index contributed by atoms with van der Waals surface area (Å²) in [4.78, 5) is 24.5. The number of alkyl halides is 4. The van der Waals surface area contributed by atoms with Crippen molar-refractivity contribution < 1.29 is 22.4 Å². The molecule has 1 saturated heterocycles. The lowest BCUT2D eigenvalue weighted by molar-refractivity contribution is -0.138. The van der Waals surface area contributed by atoms with Gasteiger partial charge in [0.2, 0.25) is 17.8 Å². The van der Waals surface area contributed by atoms with E-state index in [1.54, 1.807) is 6.07 Å². The Hall–Kier alpha value is -3.22. The zero-order valence-corrected chi connectivity index (χ0v) is 19.7. The Labute approximate surface area is 201 Å². The third-order valence-electron chi connectivity index (χ3n) is 5.04. The molecule has 1 atom stereocenters. The van der Waals surface area contributed by atoms with Gasteiger partial charge in [-0.05, 0) is 47.0 Å². The molecule has 13 heteroatoms. The highest BCUT2D eigenvalue weighted by molar-refractivity contribution is 9.10. The maximum Gasteiger partial charge on any atom is 0.419 e. The van der Waals surface area contributed by atoms with Crippen LogP contribution in [0.1, 0.15) is 18.4 Å². The number of halogens is 5. The van der Waals surface area contributed by atoms with E-state index in [-0.39, 0.29) is 11.9 Å². The Bertz CT molecular complexity index is 1180. The first-order chi connectivity index (χ1) is 16.0. The molecule has 4 rings (SSSR count). The number of nitrogen functional groups attached to an aromatic ring is 1. The van der Waals surface area contributed by atoms with Crippen LogP contribution in [0.3, 0.4) is 0 Å². The minimum absolute atomic E-state index is 0.169. The van der Waals surface area contributed by atoms with Gasteiger partial charge in [0.25, 0.3) is 0 Å². The lowest BCUT2D eigenvalue weighted by Gasteiger charge is -2.29. The van der Waals surface area contributed by atoms with Gasteiger partial charge in [-0.15, -0.1) is 0 Å². The standard InChI is InChI=1S/C16H18BrFN4O.C5H4F3N3/c1-3-15(23)19-12-8-13-14(7-11(12)17)21(2)16(20-13)22-6-4-5-10(18)9-22;6-5(7,8)3-1-10-4(9)11-2-3/h3,7-8,10H,1,4-6,9H2,2H3,(H,19,23);1-2H,(H2,9,10,11). The number of hydrogen-bond acceptors (Lipinski definition) is 6. The molecule has 0 radical (unpaired) electrons. The Morgan fingerprint density at radius 1 is 1.32 bits per heavy atom. The second kappa shape index (κ2) is 10.4. The number of anilines is 3. The topological polar surface area (TPSA) is 102 Å². The molecule has 1 aliphatic rings. The van der Waals surface area contributed by atoms with Gasteiger partial charge in [0.15, 0.2) is 0 Å². The Morgan fingerprint density at radius 3 is 2.59 bits per heavy atom. The molecule has 3 heterocycles. The number of piperidine rings is 1. The van der Waals surface area contributed by atoms with Gasteiger partial charge in [0, 0.05) is 30.5 Å². The zero-order valence-electron chi connectivity index (χ0n) is 18.1. The van der Waals surface area contributed by atoms with E-state index >= 15 is 0 Å². The van der Waals surface area contributed by atoms with Crippen molar-refractivity contribution in [3.8, 4) is 0 Å². The number of nitrogens with one attached hydrogen (secondary N) is 1. The largest absolute Gasteiger partial charge is 0.419 e. The van der Waals surface area contributed by atoms with Crippen LogP contribution in [0, 0.1) is 0 Å². The number of nitrogens with zero attached hydrogens (tertiary/aromatic N) is 5. The van der Waals surface area contributed by atoms with E-state index in [2.05, 4.69) is 42.8 Å². The first-order valence-electron chi connectivity index (χ1n) is 10.1. The fraction of sp³-hybridized carbons (Fsp3) is 0.333. The summed E-state index contributed by atoms with van der Waals surface area (Å²) >= 11 is 3.46. The van der Waals surface area contributed by atoms with Crippen LogP contribution < -0.4 is 16.0 Å². The maximum absolute atomic E-state index is 13.7. The third-order valence-corrected chi connectivity index (χ3v) is 5.69. The van der Waals surface area contributed by atoms with E-state index in [1.807, 2.05) is 22.6 Å². The Morgan fingerprint density at radius 2 is 2.00 bits per heavy atom. The number of carbonyl (C=O) groups excluding carboxylic acids is 1. The summed E-state index contributed by atoms with van der Waals surface area (Å²) in [5.41, 5.74) is 6.39. The summed E-state index contributed by atoms with van der Waals surface area (Å²) < 4.78 is 51.8. The Balaban J connectivity index is 0.000000248. The normalized spacial score (nSPS) is 16.1. The molecule has 0 aliphatic carbocycles.